The van der Waals surface area contributed by atoms with Gasteiger partial charge in [-0.3, -0.25) is 0 Å². The molecule has 0 fully saturated rings. The molecule has 0 atom stereocenters. The highest BCUT2D eigenvalue weighted by Crippen LogP contribution is 2.07. The normalized spacial score (nSPS) is 11.7. The summed E-state index contributed by atoms with van der Waals surface area (Å²) in [4.78, 5) is 4.05. The summed E-state index contributed by atoms with van der Waals surface area (Å²) < 4.78 is 26.7. The Morgan fingerprint density at radius 2 is 1.86 bits per heavy atom. The Hall–Kier alpha value is -0.980. The monoisotopic (exact) mass is 313 g/mol. The summed E-state index contributed by atoms with van der Waals surface area (Å²) in [5, 5.41) is 3.35. The molecule has 2 N–H and O–H groups in total. The van der Waals surface area contributed by atoms with Crippen molar-refractivity contribution >= 4 is 10.0 Å². The second-order valence-corrected chi connectivity index (χ2v) is 6.85. The predicted octanol–water partition coefficient (Wildman–Crippen LogP) is 2.44. The third-order valence-corrected chi connectivity index (χ3v) is 4.53. The van der Waals surface area contributed by atoms with Crippen molar-refractivity contribution in [2.75, 3.05) is 13.1 Å². The molecule has 5 nitrogen and oxygen atoms in total. The first-order valence-electron chi connectivity index (χ1n) is 7.75. The van der Waals surface area contributed by atoms with Crippen molar-refractivity contribution in [3.63, 3.8) is 0 Å². The summed E-state index contributed by atoms with van der Waals surface area (Å²) in [6, 6.07) is 3.37. The van der Waals surface area contributed by atoms with E-state index in [4.69, 9.17) is 0 Å². The van der Waals surface area contributed by atoms with E-state index >= 15 is 0 Å². The van der Waals surface area contributed by atoms with Crippen molar-refractivity contribution in [2.45, 2.75) is 57.5 Å². The molecule has 0 radical (unpaired) electrons. The molecule has 0 aliphatic carbocycles. The summed E-state index contributed by atoms with van der Waals surface area (Å²) >= 11 is 0. The quantitative estimate of drug-likeness (QED) is 0.616. The fraction of sp³-hybridized carbons (Fsp3) is 0.667. The van der Waals surface area contributed by atoms with Crippen LogP contribution in [0.5, 0.6) is 0 Å². The molecule has 0 spiro atoms. The van der Waals surface area contributed by atoms with Crippen LogP contribution < -0.4 is 10.0 Å². The summed E-state index contributed by atoms with van der Waals surface area (Å²) in [6.07, 6.45) is 6.89. The number of nitrogens with zero attached hydrogens (tertiary/aromatic N) is 1. The molecule has 0 bridgehead atoms. The summed E-state index contributed by atoms with van der Waals surface area (Å²) in [5.41, 5.74) is 0.991. The maximum absolute atomic E-state index is 12.0. The molecule has 1 rings (SSSR count). The number of aromatic nitrogens is 1. The van der Waals surface area contributed by atoms with Gasteiger partial charge in [0.2, 0.25) is 0 Å². The minimum atomic E-state index is -3.47. The lowest BCUT2D eigenvalue weighted by Crippen LogP contribution is -2.25. The van der Waals surface area contributed by atoms with Gasteiger partial charge in [0.25, 0.3) is 10.0 Å². The van der Waals surface area contributed by atoms with Crippen LogP contribution in [0.4, 0.5) is 0 Å². The Labute approximate surface area is 128 Å². The molecule has 0 aliphatic heterocycles. The molecule has 120 valence electrons. The minimum absolute atomic E-state index is 0.0947. The van der Waals surface area contributed by atoms with Crippen LogP contribution >= 0.6 is 0 Å². The van der Waals surface area contributed by atoms with Gasteiger partial charge in [0.05, 0.1) is 0 Å². The van der Waals surface area contributed by atoms with Crippen LogP contribution in [0.2, 0.25) is 0 Å². The van der Waals surface area contributed by atoms with Crippen molar-refractivity contribution in [3.8, 4) is 0 Å². The summed E-state index contributed by atoms with van der Waals surface area (Å²) in [6.45, 7) is 6.37. The zero-order valence-electron chi connectivity index (χ0n) is 13.1. The maximum Gasteiger partial charge on any atom is 0.258 e. The molecule has 0 saturated carbocycles. The summed E-state index contributed by atoms with van der Waals surface area (Å²) in [7, 11) is -3.47. The van der Waals surface area contributed by atoms with Crippen LogP contribution in [0.3, 0.4) is 0 Å². The Kier molecular flexibility index (Phi) is 8.49. The zero-order chi connectivity index (χ0) is 15.6. The minimum Gasteiger partial charge on any atom is -0.313 e. The van der Waals surface area contributed by atoms with E-state index in [0.717, 1.165) is 44.2 Å². The number of hydrogen-bond acceptors (Lipinski definition) is 4. The van der Waals surface area contributed by atoms with E-state index < -0.39 is 10.0 Å². The molecule has 1 heterocycles. The molecule has 0 amide bonds. The molecule has 0 unspecified atom stereocenters. The highest BCUT2D eigenvalue weighted by molar-refractivity contribution is 7.89. The van der Waals surface area contributed by atoms with Gasteiger partial charge in [0.15, 0.2) is 5.03 Å². The van der Waals surface area contributed by atoms with Gasteiger partial charge in [0.1, 0.15) is 0 Å². The number of nitrogens with one attached hydrogen (secondary N) is 2. The first kappa shape index (κ1) is 18.1. The van der Waals surface area contributed by atoms with Gasteiger partial charge in [-0.25, -0.2) is 18.1 Å². The van der Waals surface area contributed by atoms with Gasteiger partial charge in [-0.2, -0.15) is 0 Å². The largest absolute Gasteiger partial charge is 0.313 e. The van der Waals surface area contributed by atoms with Crippen LogP contribution in [0.15, 0.2) is 23.4 Å². The van der Waals surface area contributed by atoms with Crippen LogP contribution in [0.1, 0.15) is 51.5 Å². The Bertz CT molecular complexity index is 486. The Morgan fingerprint density at radius 3 is 2.48 bits per heavy atom. The van der Waals surface area contributed by atoms with Crippen LogP contribution in [-0.2, 0) is 16.6 Å². The lowest BCUT2D eigenvalue weighted by molar-refractivity contribution is 0.570. The van der Waals surface area contributed by atoms with E-state index in [1.807, 2.05) is 0 Å². The molecule has 0 aromatic carbocycles. The Morgan fingerprint density at radius 1 is 1.05 bits per heavy atom. The van der Waals surface area contributed by atoms with Crippen molar-refractivity contribution in [1.82, 2.24) is 15.0 Å². The zero-order valence-corrected chi connectivity index (χ0v) is 13.9. The third kappa shape index (κ3) is 7.02. The first-order chi connectivity index (χ1) is 10.1. The van der Waals surface area contributed by atoms with Crippen LogP contribution in [-0.4, -0.2) is 26.5 Å². The van der Waals surface area contributed by atoms with Gasteiger partial charge in [-0.15, -0.1) is 0 Å². The van der Waals surface area contributed by atoms with E-state index in [9.17, 15) is 8.42 Å². The standard InChI is InChI=1S/C15H27N3O2S/c1-3-5-6-7-11-18-21(19,20)15-9-8-14(13-17-15)12-16-10-4-2/h8-9,13,16,18H,3-7,10-12H2,1-2H3. The second-order valence-electron chi connectivity index (χ2n) is 5.14. The van der Waals surface area contributed by atoms with Crippen LogP contribution in [0, 0.1) is 0 Å². The van der Waals surface area contributed by atoms with Gasteiger partial charge in [0, 0.05) is 19.3 Å². The second kappa shape index (κ2) is 9.87. The van der Waals surface area contributed by atoms with Crippen molar-refractivity contribution < 1.29 is 8.42 Å². The topological polar surface area (TPSA) is 71.1 Å². The Balaban J connectivity index is 2.47. The first-order valence-corrected chi connectivity index (χ1v) is 9.23. The number of hydrogen-bond donors (Lipinski definition) is 2. The smallest absolute Gasteiger partial charge is 0.258 e. The van der Waals surface area contributed by atoms with E-state index in [2.05, 4.69) is 28.9 Å². The van der Waals surface area contributed by atoms with Crippen molar-refractivity contribution in [1.29, 1.82) is 0 Å². The van der Waals surface area contributed by atoms with Gasteiger partial charge in [-0.05, 0) is 31.0 Å². The predicted molar refractivity (Wildman–Crippen MR) is 85.6 cm³/mol. The summed E-state index contributed by atoms with van der Waals surface area (Å²) in [5.74, 6) is 0. The van der Waals surface area contributed by atoms with E-state index in [1.165, 1.54) is 0 Å². The lowest BCUT2D eigenvalue weighted by Gasteiger charge is -2.07. The molecule has 1 aromatic heterocycles. The maximum atomic E-state index is 12.0. The van der Waals surface area contributed by atoms with Gasteiger partial charge < -0.3 is 5.32 Å². The fourth-order valence-electron chi connectivity index (χ4n) is 1.92. The number of unbranched alkanes of at least 4 members (excludes halogenated alkanes) is 3. The highest BCUT2D eigenvalue weighted by atomic mass is 32.2. The number of pyridine rings is 1. The van der Waals surface area contributed by atoms with E-state index in [-0.39, 0.29) is 5.03 Å². The lowest BCUT2D eigenvalue weighted by atomic mass is 10.2. The molecule has 0 saturated heterocycles. The molecule has 0 aliphatic rings. The van der Waals surface area contributed by atoms with Gasteiger partial charge in [-0.1, -0.05) is 39.2 Å². The average molecular weight is 313 g/mol. The SMILES string of the molecule is CCCCCCNS(=O)(=O)c1ccc(CNCCC)cn1. The molecule has 6 heteroatoms. The van der Waals surface area contributed by atoms with E-state index in [1.54, 1.807) is 18.3 Å². The van der Waals surface area contributed by atoms with Crippen molar-refractivity contribution in [3.05, 3.63) is 23.9 Å². The van der Waals surface area contributed by atoms with Crippen LogP contribution in [0.25, 0.3) is 0 Å². The molecule has 21 heavy (non-hydrogen) atoms. The fourth-order valence-corrected chi connectivity index (χ4v) is 2.92. The molecular weight excluding hydrogens is 286 g/mol. The molecular formula is C15H27N3O2S. The van der Waals surface area contributed by atoms with Gasteiger partial charge >= 0.3 is 0 Å². The highest BCUT2D eigenvalue weighted by Gasteiger charge is 2.14. The van der Waals surface area contributed by atoms with E-state index in [0.29, 0.717) is 13.1 Å². The number of sulfonamides is 1. The molecule has 1 aromatic rings. The average Bonchev–Trinajstić information content (AvgIpc) is 2.48. The van der Waals surface area contributed by atoms with Crippen molar-refractivity contribution in [2.24, 2.45) is 0 Å². The number of rotatable bonds is 11. The third-order valence-electron chi connectivity index (χ3n) is 3.15.